The van der Waals surface area contributed by atoms with Crippen molar-refractivity contribution < 1.29 is 19.0 Å². The van der Waals surface area contributed by atoms with Gasteiger partial charge in [-0.25, -0.2) is 19.3 Å². The lowest BCUT2D eigenvalue weighted by Gasteiger charge is -2.14. The quantitative estimate of drug-likeness (QED) is 0.611. The summed E-state index contributed by atoms with van der Waals surface area (Å²) in [4.78, 5) is 36.1. The van der Waals surface area contributed by atoms with E-state index in [0.717, 1.165) is 0 Å². The lowest BCUT2D eigenvalue weighted by Crippen LogP contribution is -2.17. The number of aromatic nitrogens is 4. The van der Waals surface area contributed by atoms with E-state index in [-0.39, 0.29) is 22.8 Å². The largest absolute Gasteiger partial charge is 0.493 e. The highest BCUT2D eigenvalue weighted by atomic mass is 16.5. The van der Waals surface area contributed by atoms with Gasteiger partial charge in [0.15, 0.2) is 22.8 Å². The van der Waals surface area contributed by atoms with Crippen LogP contribution >= 0.6 is 0 Å². The second kappa shape index (κ2) is 7.82. The van der Waals surface area contributed by atoms with Crippen LogP contribution in [0.3, 0.4) is 0 Å². The van der Waals surface area contributed by atoms with Gasteiger partial charge in [0.05, 0.1) is 27.0 Å². The number of benzene rings is 1. The Hall–Kier alpha value is -3.56. The van der Waals surface area contributed by atoms with E-state index in [4.69, 9.17) is 19.9 Å². The van der Waals surface area contributed by atoms with Gasteiger partial charge in [0, 0.05) is 18.6 Å². The molecule has 3 N–H and O–H groups in total. The molecule has 10 nitrogen and oxygen atoms in total. The summed E-state index contributed by atoms with van der Waals surface area (Å²) in [5, 5.41) is 0. The first-order chi connectivity index (χ1) is 13.8. The van der Waals surface area contributed by atoms with E-state index >= 15 is 0 Å². The monoisotopic (exact) mass is 401 g/mol. The van der Waals surface area contributed by atoms with Crippen molar-refractivity contribution in [3.63, 3.8) is 0 Å². The first-order valence-corrected chi connectivity index (χ1v) is 8.92. The van der Waals surface area contributed by atoms with E-state index in [9.17, 15) is 9.59 Å². The molecule has 29 heavy (non-hydrogen) atoms. The number of carbonyl (C=O) groups is 1. The highest BCUT2D eigenvalue weighted by Gasteiger charge is 2.22. The van der Waals surface area contributed by atoms with Gasteiger partial charge in [0.2, 0.25) is 5.75 Å². The first kappa shape index (κ1) is 20.2. The highest BCUT2D eigenvalue weighted by Crippen LogP contribution is 2.39. The van der Waals surface area contributed by atoms with Crippen LogP contribution in [0, 0.1) is 5.92 Å². The molecule has 0 bridgehead atoms. The van der Waals surface area contributed by atoms with Crippen LogP contribution in [0.1, 0.15) is 30.2 Å². The predicted octanol–water partition coefficient (Wildman–Crippen LogP) is 1.43. The smallest absolute Gasteiger partial charge is 0.332 e. The molecule has 0 aliphatic carbocycles. The molecule has 0 fully saturated rings. The van der Waals surface area contributed by atoms with Gasteiger partial charge in [-0.2, -0.15) is 0 Å². The number of fused-ring (bicyclic) bond motifs is 1. The van der Waals surface area contributed by atoms with Crippen LogP contribution < -0.4 is 25.6 Å². The number of aromatic amines is 1. The number of hydrogen-bond donors (Lipinski definition) is 2. The molecule has 0 atom stereocenters. The van der Waals surface area contributed by atoms with E-state index in [1.807, 2.05) is 13.8 Å². The van der Waals surface area contributed by atoms with Gasteiger partial charge >= 0.3 is 5.69 Å². The average Bonchev–Trinajstić information content (AvgIpc) is 3.01. The summed E-state index contributed by atoms with van der Waals surface area (Å²) >= 11 is 0. The number of amides is 1. The Morgan fingerprint density at radius 2 is 1.76 bits per heavy atom. The van der Waals surface area contributed by atoms with E-state index in [0.29, 0.717) is 35.2 Å². The molecule has 2 heterocycles. The maximum atomic E-state index is 12.8. The summed E-state index contributed by atoms with van der Waals surface area (Å²) in [6, 6.07) is 3.23. The summed E-state index contributed by atoms with van der Waals surface area (Å²) < 4.78 is 17.4. The predicted molar refractivity (Wildman–Crippen MR) is 106 cm³/mol. The van der Waals surface area contributed by atoms with Crippen molar-refractivity contribution in [2.45, 2.75) is 20.3 Å². The van der Waals surface area contributed by atoms with Gasteiger partial charge < -0.3 is 24.9 Å². The Labute approximate surface area is 166 Å². The van der Waals surface area contributed by atoms with E-state index < -0.39 is 11.6 Å². The summed E-state index contributed by atoms with van der Waals surface area (Å²) in [5.74, 6) is 1.04. The number of nitrogens with two attached hydrogens (primary N) is 1. The number of primary amides is 1. The number of nitrogens with one attached hydrogen (secondary N) is 1. The van der Waals surface area contributed by atoms with Crippen molar-refractivity contribution in [1.29, 1.82) is 0 Å². The second-order valence-corrected chi connectivity index (χ2v) is 6.80. The van der Waals surface area contributed by atoms with Crippen molar-refractivity contribution in [1.82, 2.24) is 19.5 Å². The fourth-order valence-corrected chi connectivity index (χ4v) is 3.10. The van der Waals surface area contributed by atoms with Gasteiger partial charge in [-0.15, -0.1) is 0 Å². The zero-order valence-electron chi connectivity index (χ0n) is 16.9. The Kier molecular flexibility index (Phi) is 5.44. The molecule has 1 aromatic carbocycles. The molecule has 0 saturated carbocycles. The maximum Gasteiger partial charge on any atom is 0.332 e. The Morgan fingerprint density at radius 1 is 1.14 bits per heavy atom. The molecule has 0 aliphatic heterocycles. The lowest BCUT2D eigenvalue weighted by molar-refractivity contribution is 0.0996. The molecule has 154 valence electrons. The Morgan fingerprint density at radius 3 is 2.24 bits per heavy atom. The number of H-pyrrole nitrogens is 1. The number of hydrogen-bond acceptors (Lipinski definition) is 7. The van der Waals surface area contributed by atoms with E-state index in [2.05, 4.69) is 15.0 Å². The normalized spacial score (nSPS) is 11.1. The molecule has 10 heteroatoms. The van der Waals surface area contributed by atoms with Gasteiger partial charge in [-0.05, 0) is 5.92 Å². The minimum atomic E-state index is -0.749. The van der Waals surface area contributed by atoms with Crippen LogP contribution in [-0.4, -0.2) is 46.8 Å². The summed E-state index contributed by atoms with van der Waals surface area (Å²) in [6.45, 7) is 4.00. The third kappa shape index (κ3) is 3.60. The van der Waals surface area contributed by atoms with Crippen molar-refractivity contribution in [2.75, 3.05) is 21.3 Å². The molecule has 0 radical (unpaired) electrons. The van der Waals surface area contributed by atoms with Crippen molar-refractivity contribution in [3.8, 4) is 22.9 Å². The number of rotatable bonds is 7. The standard InChI is InChI=1S/C19H23N5O5/c1-9(2)6-13-21-14(17(20)25)15-18(22-13)24(19(26)23-15)10-7-11(27-3)16(29-5)12(8-10)28-4/h7-9H,6H2,1-5H3,(H2,20,25)(H,23,26). The van der Waals surface area contributed by atoms with Gasteiger partial charge in [0.1, 0.15) is 11.3 Å². The molecule has 1 amide bonds. The fraction of sp³-hybridized carbons (Fsp3) is 0.368. The number of carbonyl (C=O) groups excluding carboxylic acids is 1. The number of imidazole rings is 1. The molecule has 3 rings (SSSR count). The molecule has 3 aromatic rings. The zero-order chi connectivity index (χ0) is 21.3. The van der Waals surface area contributed by atoms with Gasteiger partial charge in [-0.3, -0.25) is 4.79 Å². The average molecular weight is 401 g/mol. The number of nitrogens with zero attached hydrogens (tertiary/aromatic N) is 3. The topological polar surface area (TPSA) is 134 Å². The number of methoxy groups -OCH3 is 3. The minimum absolute atomic E-state index is 0.0334. The molecule has 0 spiro atoms. The van der Waals surface area contributed by atoms with Crippen LogP contribution in [0.5, 0.6) is 17.2 Å². The van der Waals surface area contributed by atoms with Crippen molar-refractivity contribution in [3.05, 3.63) is 34.1 Å². The highest BCUT2D eigenvalue weighted by molar-refractivity contribution is 6.01. The molecule has 0 aliphatic rings. The Bertz CT molecular complexity index is 1110. The van der Waals surface area contributed by atoms with Gasteiger partial charge in [-0.1, -0.05) is 13.8 Å². The molecular formula is C19H23N5O5. The van der Waals surface area contributed by atoms with Crippen LogP contribution in [0.25, 0.3) is 16.9 Å². The zero-order valence-corrected chi connectivity index (χ0v) is 16.9. The van der Waals surface area contributed by atoms with Crippen LogP contribution in [0.2, 0.25) is 0 Å². The van der Waals surface area contributed by atoms with Crippen LogP contribution in [-0.2, 0) is 6.42 Å². The third-order valence-electron chi connectivity index (χ3n) is 4.31. The molecular weight excluding hydrogens is 378 g/mol. The molecule has 0 unspecified atom stereocenters. The lowest BCUT2D eigenvalue weighted by atomic mass is 10.1. The Balaban J connectivity index is 2.35. The maximum absolute atomic E-state index is 12.8. The first-order valence-electron chi connectivity index (χ1n) is 8.92. The van der Waals surface area contributed by atoms with E-state index in [1.165, 1.54) is 25.9 Å². The summed E-state index contributed by atoms with van der Waals surface area (Å²) in [6.07, 6.45) is 0.519. The fourth-order valence-electron chi connectivity index (χ4n) is 3.10. The van der Waals surface area contributed by atoms with Crippen molar-refractivity contribution >= 4 is 17.1 Å². The second-order valence-electron chi connectivity index (χ2n) is 6.80. The number of ether oxygens (including phenoxy) is 3. The SMILES string of the molecule is COc1cc(-n2c(=O)[nH]c3c(C(N)=O)nc(CC(C)C)nc32)cc(OC)c1OC. The molecule has 0 saturated heterocycles. The minimum Gasteiger partial charge on any atom is -0.493 e. The van der Waals surface area contributed by atoms with Crippen molar-refractivity contribution in [2.24, 2.45) is 11.7 Å². The van der Waals surface area contributed by atoms with Gasteiger partial charge in [0.25, 0.3) is 5.91 Å². The summed E-state index contributed by atoms with van der Waals surface area (Å²) in [7, 11) is 4.45. The molecule has 2 aromatic heterocycles. The summed E-state index contributed by atoms with van der Waals surface area (Å²) in [5.41, 5.74) is 5.78. The van der Waals surface area contributed by atoms with E-state index in [1.54, 1.807) is 12.1 Å². The third-order valence-corrected chi connectivity index (χ3v) is 4.31. The van der Waals surface area contributed by atoms with Crippen LogP contribution in [0.15, 0.2) is 16.9 Å². The van der Waals surface area contributed by atoms with Crippen LogP contribution in [0.4, 0.5) is 0 Å².